The second kappa shape index (κ2) is 8.30. The predicted octanol–water partition coefficient (Wildman–Crippen LogP) is 4.76. The number of nitrogens with zero attached hydrogens (tertiary/aromatic N) is 1. The van der Waals surface area contributed by atoms with E-state index in [2.05, 4.69) is 69.3 Å². The molecule has 1 aromatic heterocycles. The summed E-state index contributed by atoms with van der Waals surface area (Å²) in [7, 11) is 0. The Balaban J connectivity index is 2.64. The van der Waals surface area contributed by atoms with Gasteiger partial charge in [0.2, 0.25) is 0 Å². The van der Waals surface area contributed by atoms with Gasteiger partial charge in [-0.25, -0.2) is 0 Å². The first-order chi connectivity index (χ1) is 9.78. The summed E-state index contributed by atoms with van der Waals surface area (Å²) in [6.07, 6.45) is 2.52. The van der Waals surface area contributed by atoms with E-state index in [0.29, 0.717) is 5.41 Å². The summed E-state index contributed by atoms with van der Waals surface area (Å²) in [5, 5.41) is 5.89. The molecule has 0 aliphatic rings. The van der Waals surface area contributed by atoms with Crippen LogP contribution in [0.1, 0.15) is 59.3 Å². The number of rotatable bonds is 9. The highest BCUT2D eigenvalue weighted by atomic mass is 32.1. The molecule has 0 saturated heterocycles. The Morgan fingerprint density at radius 3 is 2.38 bits per heavy atom. The molecule has 0 fully saturated rings. The lowest BCUT2D eigenvalue weighted by molar-refractivity contribution is 0.141. The van der Waals surface area contributed by atoms with Crippen LogP contribution in [-0.2, 0) is 6.54 Å². The monoisotopic (exact) mass is 310 g/mol. The largest absolute Gasteiger partial charge is 0.311 e. The SMILES string of the molecule is CCCC(C)(CNC(C)(C)C)CN(CC)Cc1cccs1. The molecule has 1 N–H and O–H groups in total. The fourth-order valence-electron chi connectivity index (χ4n) is 2.75. The zero-order valence-corrected chi connectivity index (χ0v) is 15.6. The Morgan fingerprint density at radius 2 is 1.90 bits per heavy atom. The van der Waals surface area contributed by atoms with Crippen molar-refractivity contribution in [3.63, 3.8) is 0 Å². The summed E-state index contributed by atoms with van der Waals surface area (Å²) in [4.78, 5) is 4.06. The Morgan fingerprint density at radius 1 is 1.19 bits per heavy atom. The van der Waals surface area contributed by atoms with Gasteiger partial charge >= 0.3 is 0 Å². The molecule has 122 valence electrons. The number of thiophene rings is 1. The summed E-state index contributed by atoms with van der Waals surface area (Å²) in [6, 6.07) is 4.40. The highest BCUT2D eigenvalue weighted by molar-refractivity contribution is 7.09. The maximum absolute atomic E-state index is 3.71. The molecule has 1 rings (SSSR count). The molecule has 0 aliphatic carbocycles. The van der Waals surface area contributed by atoms with E-state index in [1.54, 1.807) is 0 Å². The van der Waals surface area contributed by atoms with Crippen LogP contribution in [0.2, 0.25) is 0 Å². The molecule has 1 heterocycles. The fourth-order valence-corrected chi connectivity index (χ4v) is 3.49. The van der Waals surface area contributed by atoms with E-state index in [1.807, 2.05) is 11.3 Å². The number of hydrogen-bond donors (Lipinski definition) is 1. The van der Waals surface area contributed by atoms with Crippen molar-refractivity contribution in [1.82, 2.24) is 10.2 Å². The Bertz CT molecular complexity index is 380. The second-order valence-electron chi connectivity index (χ2n) is 7.55. The van der Waals surface area contributed by atoms with E-state index in [1.165, 1.54) is 24.3 Å². The lowest BCUT2D eigenvalue weighted by Crippen LogP contribution is -2.47. The highest BCUT2D eigenvalue weighted by Crippen LogP contribution is 2.26. The van der Waals surface area contributed by atoms with Gasteiger partial charge in [0, 0.05) is 30.1 Å². The molecule has 0 spiro atoms. The van der Waals surface area contributed by atoms with E-state index in [-0.39, 0.29) is 5.54 Å². The van der Waals surface area contributed by atoms with Crippen molar-refractivity contribution in [3.8, 4) is 0 Å². The van der Waals surface area contributed by atoms with E-state index in [9.17, 15) is 0 Å². The van der Waals surface area contributed by atoms with Gasteiger partial charge < -0.3 is 5.32 Å². The third-order valence-electron chi connectivity index (χ3n) is 3.91. The van der Waals surface area contributed by atoms with E-state index >= 15 is 0 Å². The highest BCUT2D eigenvalue weighted by Gasteiger charge is 2.27. The molecule has 0 radical (unpaired) electrons. The third kappa shape index (κ3) is 7.44. The van der Waals surface area contributed by atoms with Gasteiger partial charge in [0.05, 0.1) is 0 Å². The second-order valence-corrected chi connectivity index (χ2v) is 8.58. The first-order valence-electron chi connectivity index (χ1n) is 8.28. The summed E-state index contributed by atoms with van der Waals surface area (Å²) in [6.45, 7) is 18.2. The van der Waals surface area contributed by atoms with Crippen molar-refractivity contribution in [2.75, 3.05) is 19.6 Å². The van der Waals surface area contributed by atoms with Gasteiger partial charge in [0.15, 0.2) is 0 Å². The molecule has 1 aromatic rings. The van der Waals surface area contributed by atoms with Crippen LogP contribution in [-0.4, -0.2) is 30.1 Å². The molecular formula is C18H34N2S. The molecule has 0 aromatic carbocycles. The maximum Gasteiger partial charge on any atom is 0.0328 e. The van der Waals surface area contributed by atoms with Crippen LogP contribution in [0.15, 0.2) is 17.5 Å². The first-order valence-corrected chi connectivity index (χ1v) is 9.16. The van der Waals surface area contributed by atoms with Gasteiger partial charge in [0.25, 0.3) is 0 Å². The molecule has 1 unspecified atom stereocenters. The van der Waals surface area contributed by atoms with Crippen molar-refractivity contribution < 1.29 is 0 Å². The minimum absolute atomic E-state index is 0.194. The molecule has 0 amide bonds. The molecule has 21 heavy (non-hydrogen) atoms. The van der Waals surface area contributed by atoms with Crippen LogP contribution >= 0.6 is 11.3 Å². The third-order valence-corrected chi connectivity index (χ3v) is 4.77. The van der Waals surface area contributed by atoms with Crippen LogP contribution in [0, 0.1) is 5.41 Å². The lowest BCUT2D eigenvalue weighted by atomic mass is 9.84. The van der Waals surface area contributed by atoms with Crippen molar-refractivity contribution in [1.29, 1.82) is 0 Å². The Kier molecular flexibility index (Phi) is 7.38. The normalized spacial score (nSPS) is 15.4. The zero-order chi connectivity index (χ0) is 15.9. The minimum atomic E-state index is 0.194. The topological polar surface area (TPSA) is 15.3 Å². The average molecular weight is 311 g/mol. The van der Waals surface area contributed by atoms with Crippen LogP contribution in [0.5, 0.6) is 0 Å². The predicted molar refractivity (Wildman–Crippen MR) is 96.0 cm³/mol. The zero-order valence-electron chi connectivity index (χ0n) is 14.8. The molecular weight excluding hydrogens is 276 g/mol. The Labute approximate surface area is 135 Å². The van der Waals surface area contributed by atoms with Gasteiger partial charge in [-0.05, 0) is 50.6 Å². The fraction of sp³-hybridized carbons (Fsp3) is 0.778. The summed E-state index contributed by atoms with van der Waals surface area (Å²) in [5.41, 5.74) is 0.537. The molecule has 3 heteroatoms. The van der Waals surface area contributed by atoms with Gasteiger partial charge in [-0.1, -0.05) is 33.3 Å². The minimum Gasteiger partial charge on any atom is -0.311 e. The van der Waals surface area contributed by atoms with Crippen LogP contribution < -0.4 is 5.32 Å². The average Bonchev–Trinajstić information content (AvgIpc) is 2.88. The van der Waals surface area contributed by atoms with E-state index in [0.717, 1.165) is 19.6 Å². The van der Waals surface area contributed by atoms with Crippen molar-refractivity contribution in [3.05, 3.63) is 22.4 Å². The van der Waals surface area contributed by atoms with Gasteiger partial charge in [-0.15, -0.1) is 11.3 Å². The molecule has 1 atom stereocenters. The van der Waals surface area contributed by atoms with Crippen LogP contribution in [0.4, 0.5) is 0 Å². The van der Waals surface area contributed by atoms with Gasteiger partial charge in [-0.3, -0.25) is 4.90 Å². The molecule has 0 saturated carbocycles. The van der Waals surface area contributed by atoms with Gasteiger partial charge in [0.1, 0.15) is 0 Å². The van der Waals surface area contributed by atoms with Crippen molar-refractivity contribution in [2.45, 2.75) is 66.5 Å². The summed E-state index contributed by atoms with van der Waals surface area (Å²) >= 11 is 1.87. The van der Waals surface area contributed by atoms with Crippen LogP contribution in [0.3, 0.4) is 0 Å². The smallest absolute Gasteiger partial charge is 0.0328 e. The lowest BCUT2D eigenvalue weighted by Gasteiger charge is -2.37. The molecule has 0 aliphatic heterocycles. The number of nitrogens with one attached hydrogen (secondary N) is 1. The summed E-state index contributed by atoms with van der Waals surface area (Å²) in [5.74, 6) is 0. The summed E-state index contributed by atoms with van der Waals surface area (Å²) < 4.78 is 0. The Hall–Kier alpha value is -0.380. The first kappa shape index (κ1) is 18.7. The van der Waals surface area contributed by atoms with E-state index in [4.69, 9.17) is 0 Å². The van der Waals surface area contributed by atoms with Crippen molar-refractivity contribution in [2.24, 2.45) is 5.41 Å². The van der Waals surface area contributed by atoms with Crippen LogP contribution in [0.25, 0.3) is 0 Å². The quantitative estimate of drug-likeness (QED) is 0.707. The molecule has 2 nitrogen and oxygen atoms in total. The standard InChI is InChI=1S/C18H34N2S/c1-7-11-18(6,14-19-17(3,4)5)15-20(8-2)13-16-10-9-12-21-16/h9-10,12,19H,7-8,11,13-15H2,1-6H3. The number of hydrogen-bond acceptors (Lipinski definition) is 3. The van der Waals surface area contributed by atoms with Crippen molar-refractivity contribution >= 4 is 11.3 Å². The maximum atomic E-state index is 3.71. The van der Waals surface area contributed by atoms with E-state index < -0.39 is 0 Å². The van der Waals surface area contributed by atoms with Gasteiger partial charge in [-0.2, -0.15) is 0 Å². The molecule has 0 bridgehead atoms.